The van der Waals surface area contributed by atoms with Gasteiger partial charge in [-0.05, 0) is 40.0 Å². The average Bonchev–Trinajstić information content (AvgIpc) is 2.03. The van der Waals surface area contributed by atoms with Crippen molar-refractivity contribution in [3.8, 4) is 11.5 Å². The fourth-order valence-electron chi connectivity index (χ4n) is 1.04. The molecule has 0 spiro atoms. The Bertz CT molecular complexity index is 261. The molecule has 0 saturated heterocycles. The van der Waals surface area contributed by atoms with Crippen LogP contribution in [0.5, 0.6) is 11.5 Å². The number of phenolic OH excluding ortho intramolecular Hbond substituents is 1. The summed E-state index contributed by atoms with van der Waals surface area (Å²) < 4.78 is 5.77. The smallest absolute Gasteiger partial charge is 0.174 e. The van der Waals surface area contributed by atoms with Crippen LogP contribution in [0.4, 0.5) is 0 Å². The van der Waals surface area contributed by atoms with Crippen molar-refractivity contribution in [2.45, 2.75) is 13.3 Å². The Morgan fingerprint density at radius 1 is 1.50 bits per heavy atom. The van der Waals surface area contributed by atoms with Crippen molar-refractivity contribution in [3.05, 3.63) is 22.2 Å². The van der Waals surface area contributed by atoms with E-state index in [-0.39, 0.29) is 5.75 Å². The van der Waals surface area contributed by atoms with Crippen molar-refractivity contribution in [1.29, 1.82) is 0 Å². The van der Waals surface area contributed by atoms with Gasteiger partial charge in [-0.25, -0.2) is 0 Å². The van der Waals surface area contributed by atoms with Crippen molar-refractivity contribution < 1.29 is 9.84 Å². The molecule has 2 nitrogen and oxygen atoms in total. The molecule has 3 heteroatoms. The number of benzene rings is 1. The highest BCUT2D eigenvalue weighted by molar-refractivity contribution is 9.10. The van der Waals surface area contributed by atoms with Gasteiger partial charge in [0.2, 0.25) is 0 Å². The first kappa shape index (κ1) is 9.39. The number of hydrogen-bond donors (Lipinski definition) is 1. The first-order valence-corrected chi connectivity index (χ1v) is 4.53. The summed E-state index contributed by atoms with van der Waals surface area (Å²) in [5.74, 6) is 0.677. The Hall–Kier alpha value is -0.700. The molecule has 0 radical (unpaired) electrons. The molecule has 0 fully saturated rings. The summed E-state index contributed by atoms with van der Waals surface area (Å²) >= 11 is 3.31. The van der Waals surface area contributed by atoms with Gasteiger partial charge >= 0.3 is 0 Å². The third kappa shape index (κ3) is 1.72. The van der Waals surface area contributed by atoms with Crippen LogP contribution in [0.25, 0.3) is 0 Å². The van der Waals surface area contributed by atoms with E-state index in [9.17, 15) is 5.11 Å². The lowest BCUT2D eigenvalue weighted by Crippen LogP contribution is -1.87. The molecule has 0 aliphatic carbocycles. The van der Waals surface area contributed by atoms with E-state index < -0.39 is 0 Å². The maximum atomic E-state index is 9.45. The van der Waals surface area contributed by atoms with Gasteiger partial charge in [0, 0.05) is 0 Å². The highest BCUT2D eigenvalue weighted by atomic mass is 79.9. The fourth-order valence-corrected chi connectivity index (χ4v) is 1.70. The summed E-state index contributed by atoms with van der Waals surface area (Å²) in [7, 11) is 1.53. The topological polar surface area (TPSA) is 29.5 Å². The summed E-state index contributed by atoms with van der Waals surface area (Å²) in [4.78, 5) is 0. The van der Waals surface area contributed by atoms with Crippen LogP contribution in [0.2, 0.25) is 0 Å². The summed E-state index contributed by atoms with van der Waals surface area (Å²) in [6.45, 7) is 2.04. The molecule has 0 unspecified atom stereocenters. The van der Waals surface area contributed by atoms with Crippen molar-refractivity contribution in [2.24, 2.45) is 0 Å². The van der Waals surface area contributed by atoms with Crippen LogP contribution in [-0.2, 0) is 6.42 Å². The van der Waals surface area contributed by atoms with Crippen molar-refractivity contribution in [2.75, 3.05) is 7.11 Å². The molecule has 12 heavy (non-hydrogen) atoms. The summed E-state index contributed by atoms with van der Waals surface area (Å²) in [6, 6.07) is 3.65. The summed E-state index contributed by atoms with van der Waals surface area (Å²) in [5, 5.41) is 9.45. The van der Waals surface area contributed by atoms with Gasteiger partial charge in [-0.1, -0.05) is 6.92 Å². The largest absolute Gasteiger partial charge is 0.504 e. The fraction of sp³-hybridized carbons (Fsp3) is 0.333. The summed E-state index contributed by atoms with van der Waals surface area (Å²) in [6.07, 6.45) is 0.899. The molecule has 0 atom stereocenters. The molecule has 0 amide bonds. The van der Waals surface area contributed by atoms with E-state index in [1.54, 1.807) is 6.07 Å². The number of aromatic hydroxyl groups is 1. The Morgan fingerprint density at radius 2 is 2.17 bits per heavy atom. The molecule has 1 rings (SSSR count). The zero-order valence-corrected chi connectivity index (χ0v) is 8.68. The van der Waals surface area contributed by atoms with Crippen LogP contribution in [0, 0.1) is 0 Å². The molecular formula is C9H11BrO2. The molecule has 0 saturated carbocycles. The lowest BCUT2D eigenvalue weighted by Gasteiger charge is -2.07. The third-order valence-electron chi connectivity index (χ3n) is 1.70. The van der Waals surface area contributed by atoms with Gasteiger partial charge in [-0.15, -0.1) is 0 Å². The number of rotatable bonds is 2. The van der Waals surface area contributed by atoms with Crippen LogP contribution in [0.1, 0.15) is 12.5 Å². The first-order chi connectivity index (χ1) is 5.69. The Morgan fingerprint density at radius 3 is 2.58 bits per heavy atom. The van der Waals surface area contributed by atoms with E-state index in [1.807, 2.05) is 13.0 Å². The molecule has 1 aromatic carbocycles. The summed E-state index contributed by atoms with van der Waals surface area (Å²) in [5.41, 5.74) is 1.08. The predicted octanol–water partition coefficient (Wildman–Crippen LogP) is 2.73. The molecule has 0 aromatic heterocycles. The van der Waals surface area contributed by atoms with E-state index in [0.29, 0.717) is 5.75 Å². The molecule has 0 bridgehead atoms. The zero-order valence-electron chi connectivity index (χ0n) is 7.10. The number of methoxy groups -OCH3 is 1. The number of hydrogen-bond acceptors (Lipinski definition) is 2. The van der Waals surface area contributed by atoms with Gasteiger partial charge in [-0.2, -0.15) is 0 Å². The van der Waals surface area contributed by atoms with E-state index in [0.717, 1.165) is 16.5 Å². The molecule has 66 valence electrons. The van der Waals surface area contributed by atoms with E-state index in [1.165, 1.54) is 7.11 Å². The zero-order chi connectivity index (χ0) is 9.14. The number of halogens is 1. The Labute approximate surface area is 80.3 Å². The highest BCUT2D eigenvalue weighted by Gasteiger charge is 2.07. The van der Waals surface area contributed by atoms with E-state index in [2.05, 4.69) is 15.9 Å². The van der Waals surface area contributed by atoms with Gasteiger partial charge in [-0.3, -0.25) is 0 Å². The molecule has 0 aliphatic heterocycles. The first-order valence-electron chi connectivity index (χ1n) is 3.74. The normalized spacial score (nSPS) is 9.92. The molecule has 0 aliphatic rings. The van der Waals surface area contributed by atoms with Crippen molar-refractivity contribution in [3.63, 3.8) is 0 Å². The molecule has 1 aromatic rings. The second-order valence-corrected chi connectivity index (χ2v) is 3.34. The van der Waals surface area contributed by atoms with Crippen molar-refractivity contribution >= 4 is 15.9 Å². The highest BCUT2D eigenvalue weighted by Crippen LogP contribution is 2.35. The van der Waals surface area contributed by atoms with Gasteiger partial charge in [0.1, 0.15) is 0 Å². The Kier molecular flexibility index (Phi) is 2.98. The minimum absolute atomic E-state index is 0.184. The quantitative estimate of drug-likeness (QED) is 0.847. The lowest BCUT2D eigenvalue weighted by atomic mass is 10.1. The Balaban J connectivity index is 3.18. The van der Waals surface area contributed by atoms with Crippen LogP contribution in [0.3, 0.4) is 0 Å². The second kappa shape index (κ2) is 3.81. The van der Waals surface area contributed by atoms with Crippen LogP contribution in [-0.4, -0.2) is 12.2 Å². The standard InChI is InChI=1S/C9H11BrO2/c1-3-6-4-7(10)9(12-2)8(11)5-6/h4-5,11H,3H2,1-2H3. The number of aryl methyl sites for hydroxylation is 1. The minimum Gasteiger partial charge on any atom is -0.504 e. The van der Waals surface area contributed by atoms with Crippen LogP contribution >= 0.6 is 15.9 Å². The molecular weight excluding hydrogens is 220 g/mol. The van der Waals surface area contributed by atoms with Gasteiger partial charge in [0.15, 0.2) is 11.5 Å². The average molecular weight is 231 g/mol. The molecule has 0 heterocycles. The number of ether oxygens (including phenoxy) is 1. The van der Waals surface area contributed by atoms with Gasteiger partial charge < -0.3 is 9.84 Å². The molecule has 1 N–H and O–H groups in total. The third-order valence-corrected chi connectivity index (χ3v) is 2.29. The lowest BCUT2D eigenvalue weighted by molar-refractivity contribution is 0.371. The van der Waals surface area contributed by atoms with Gasteiger partial charge in [0.05, 0.1) is 11.6 Å². The number of phenols is 1. The van der Waals surface area contributed by atoms with E-state index in [4.69, 9.17) is 4.74 Å². The minimum atomic E-state index is 0.184. The monoisotopic (exact) mass is 230 g/mol. The SMILES string of the molecule is CCc1cc(O)c(OC)c(Br)c1. The van der Waals surface area contributed by atoms with Crippen molar-refractivity contribution in [1.82, 2.24) is 0 Å². The van der Waals surface area contributed by atoms with Crippen LogP contribution < -0.4 is 4.74 Å². The van der Waals surface area contributed by atoms with Gasteiger partial charge in [0.25, 0.3) is 0 Å². The second-order valence-electron chi connectivity index (χ2n) is 2.48. The predicted molar refractivity (Wildman–Crippen MR) is 51.7 cm³/mol. The maximum Gasteiger partial charge on any atom is 0.174 e. The van der Waals surface area contributed by atoms with E-state index >= 15 is 0 Å². The van der Waals surface area contributed by atoms with Crippen LogP contribution in [0.15, 0.2) is 16.6 Å². The maximum absolute atomic E-state index is 9.45.